The van der Waals surface area contributed by atoms with Crippen LogP contribution in [0.15, 0.2) is 58.3 Å². The molecule has 8 nitrogen and oxygen atoms in total. The molecule has 216 valence electrons. The Kier molecular flexibility index (Phi) is 10.7. The quantitative estimate of drug-likeness (QED) is 0.407. The molecular formula is C30H44N2O6S. The number of benzene rings is 2. The number of sulfone groups is 1. The van der Waals surface area contributed by atoms with Crippen LogP contribution in [0.25, 0.3) is 0 Å². The van der Waals surface area contributed by atoms with E-state index in [1.165, 1.54) is 24.3 Å². The summed E-state index contributed by atoms with van der Waals surface area (Å²) < 4.78 is 37.6. The first-order chi connectivity index (χ1) is 18.7. The fourth-order valence-corrected chi connectivity index (χ4v) is 6.40. The zero-order valence-corrected chi connectivity index (χ0v) is 24.1. The first-order valence-corrected chi connectivity index (χ1v) is 15.7. The van der Waals surface area contributed by atoms with Gasteiger partial charge >= 0.3 is 0 Å². The Morgan fingerprint density at radius 1 is 0.692 bits per heavy atom. The summed E-state index contributed by atoms with van der Waals surface area (Å²) in [5.74, 6) is 2.52. The molecule has 2 heterocycles. The van der Waals surface area contributed by atoms with Crippen LogP contribution in [0.1, 0.15) is 39.5 Å². The molecule has 2 aromatic rings. The number of ether oxygens (including phenoxy) is 2. The topological polar surface area (TPSA) is 99.5 Å². The molecule has 0 unspecified atom stereocenters. The number of nitrogens with zero attached hydrogens (tertiary/aromatic N) is 2. The van der Waals surface area contributed by atoms with E-state index in [0.29, 0.717) is 24.6 Å². The lowest BCUT2D eigenvalue weighted by Gasteiger charge is -2.31. The number of hydrogen-bond donors (Lipinski definition) is 2. The largest absolute Gasteiger partial charge is 0.491 e. The molecule has 0 saturated carbocycles. The van der Waals surface area contributed by atoms with Crippen molar-refractivity contribution in [3.63, 3.8) is 0 Å². The molecule has 0 amide bonds. The Balaban J connectivity index is 1.23. The highest BCUT2D eigenvalue weighted by Gasteiger charge is 2.21. The lowest BCUT2D eigenvalue weighted by molar-refractivity contribution is 0.0562. The monoisotopic (exact) mass is 560 g/mol. The maximum atomic E-state index is 13.1. The molecule has 2 aliphatic heterocycles. The van der Waals surface area contributed by atoms with Crippen molar-refractivity contribution in [3.05, 3.63) is 48.5 Å². The molecule has 2 N–H and O–H groups in total. The molecule has 0 bridgehead atoms. The average Bonchev–Trinajstić information content (AvgIpc) is 2.94. The van der Waals surface area contributed by atoms with E-state index in [4.69, 9.17) is 9.47 Å². The molecule has 0 aromatic heterocycles. The average molecular weight is 561 g/mol. The van der Waals surface area contributed by atoms with Gasteiger partial charge in [0.2, 0.25) is 9.84 Å². The fourth-order valence-electron chi connectivity index (χ4n) is 5.14. The molecule has 0 spiro atoms. The van der Waals surface area contributed by atoms with E-state index in [9.17, 15) is 18.6 Å². The predicted octanol–water partition coefficient (Wildman–Crippen LogP) is 3.46. The second-order valence-electron chi connectivity index (χ2n) is 11.3. The number of piperidine rings is 2. The molecule has 2 aliphatic rings. The Labute approximate surface area is 233 Å². The molecule has 39 heavy (non-hydrogen) atoms. The van der Waals surface area contributed by atoms with Gasteiger partial charge in [-0.25, -0.2) is 8.42 Å². The highest BCUT2D eigenvalue weighted by atomic mass is 32.2. The van der Waals surface area contributed by atoms with Gasteiger partial charge in [0.1, 0.15) is 36.9 Å². The third-order valence-electron chi connectivity index (χ3n) is 7.84. The SMILES string of the molecule is CC1CCN(C[C@H](O)COc2ccc(S(=O)(=O)c3ccc(OC[C@H](O)CN4CCC(C)CC4)cc3)cc2)CC1. The highest BCUT2D eigenvalue weighted by Crippen LogP contribution is 2.25. The van der Waals surface area contributed by atoms with E-state index in [1.807, 2.05) is 0 Å². The van der Waals surface area contributed by atoms with E-state index in [0.717, 1.165) is 63.7 Å². The Hall–Kier alpha value is -2.17. The summed E-state index contributed by atoms with van der Waals surface area (Å²) in [6, 6.07) is 12.5. The van der Waals surface area contributed by atoms with Crippen LogP contribution >= 0.6 is 0 Å². The number of hydrogen-bond acceptors (Lipinski definition) is 8. The van der Waals surface area contributed by atoms with Gasteiger partial charge in [-0.15, -0.1) is 0 Å². The van der Waals surface area contributed by atoms with Crippen LogP contribution in [0.3, 0.4) is 0 Å². The highest BCUT2D eigenvalue weighted by molar-refractivity contribution is 7.91. The number of rotatable bonds is 12. The summed E-state index contributed by atoms with van der Waals surface area (Å²) in [7, 11) is -3.71. The maximum Gasteiger partial charge on any atom is 0.206 e. The first kappa shape index (κ1) is 29.8. The van der Waals surface area contributed by atoms with Gasteiger partial charge in [-0.2, -0.15) is 0 Å². The van der Waals surface area contributed by atoms with Crippen molar-refractivity contribution in [2.75, 3.05) is 52.5 Å². The minimum Gasteiger partial charge on any atom is -0.491 e. The van der Waals surface area contributed by atoms with E-state index < -0.39 is 22.0 Å². The lowest BCUT2D eigenvalue weighted by Crippen LogP contribution is -2.40. The molecule has 4 rings (SSSR count). The number of aliphatic hydroxyl groups is 2. The van der Waals surface area contributed by atoms with Crippen LogP contribution < -0.4 is 9.47 Å². The molecule has 2 atom stereocenters. The number of likely N-dealkylation sites (tertiary alicyclic amines) is 2. The molecular weight excluding hydrogens is 516 g/mol. The van der Waals surface area contributed by atoms with Crippen molar-refractivity contribution in [1.29, 1.82) is 0 Å². The van der Waals surface area contributed by atoms with E-state index in [-0.39, 0.29) is 23.0 Å². The van der Waals surface area contributed by atoms with E-state index in [1.54, 1.807) is 24.3 Å². The molecule has 2 fully saturated rings. The zero-order chi connectivity index (χ0) is 27.8. The van der Waals surface area contributed by atoms with Crippen molar-refractivity contribution in [1.82, 2.24) is 9.80 Å². The molecule has 0 aliphatic carbocycles. The van der Waals surface area contributed by atoms with Gasteiger partial charge in [0.05, 0.1) is 9.79 Å². The minimum atomic E-state index is -3.71. The van der Waals surface area contributed by atoms with E-state index >= 15 is 0 Å². The van der Waals surface area contributed by atoms with Crippen LogP contribution in [0.4, 0.5) is 0 Å². The molecule has 2 aromatic carbocycles. The summed E-state index contributed by atoms with van der Waals surface area (Å²) in [6.45, 7) is 9.99. The van der Waals surface area contributed by atoms with Crippen LogP contribution in [-0.4, -0.2) is 93.1 Å². The van der Waals surface area contributed by atoms with Crippen LogP contribution in [0, 0.1) is 11.8 Å². The minimum absolute atomic E-state index is 0.158. The van der Waals surface area contributed by atoms with Crippen LogP contribution in [0.5, 0.6) is 11.5 Å². The van der Waals surface area contributed by atoms with Gasteiger partial charge in [0.15, 0.2) is 0 Å². The number of aliphatic hydroxyl groups excluding tert-OH is 2. The first-order valence-electron chi connectivity index (χ1n) is 14.2. The van der Waals surface area contributed by atoms with Crippen LogP contribution in [-0.2, 0) is 9.84 Å². The Bertz CT molecular complexity index is 1030. The standard InChI is InChI=1S/C30H44N2O6S/c1-23-11-15-31(16-12-23)19-25(33)21-37-27-3-7-29(8-4-27)39(35,36)30-9-5-28(6-10-30)38-22-26(34)20-32-17-13-24(2)14-18-32/h3-10,23-26,33-34H,11-22H2,1-2H3/t25-,26+. The predicted molar refractivity (Wildman–Crippen MR) is 151 cm³/mol. The second kappa shape index (κ2) is 13.9. The van der Waals surface area contributed by atoms with Gasteiger partial charge in [-0.1, -0.05) is 13.8 Å². The summed E-state index contributed by atoms with van der Waals surface area (Å²) in [4.78, 5) is 4.85. The number of β-amino-alcohol motifs (C(OH)–C–C–N with tert-alkyl or cyclic N) is 2. The summed E-state index contributed by atoms with van der Waals surface area (Å²) in [6.07, 6.45) is 3.41. The summed E-state index contributed by atoms with van der Waals surface area (Å²) in [5.41, 5.74) is 0. The van der Waals surface area contributed by atoms with Crippen molar-refractivity contribution in [2.45, 2.75) is 61.5 Å². The molecule has 2 saturated heterocycles. The summed E-state index contributed by atoms with van der Waals surface area (Å²) >= 11 is 0. The van der Waals surface area contributed by atoms with Crippen molar-refractivity contribution < 1.29 is 28.1 Å². The van der Waals surface area contributed by atoms with Gasteiger partial charge < -0.3 is 29.5 Å². The zero-order valence-electron chi connectivity index (χ0n) is 23.2. The second-order valence-corrected chi connectivity index (χ2v) is 13.3. The molecule has 0 radical (unpaired) electrons. The Morgan fingerprint density at radius 2 is 1.03 bits per heavy atom. The van der Waals surface area contributed by atoms with Crippen molar-refractivity contribution in [2.24, 2.45) is 11.8 Å². The van der Waals surface area contributed by atoms with Crippen molar-refractivity contribution in [3.8, 4) is 11.5 Å². The molecule has 9 heteroatoms. The van der Waals surface area contributed by atoms with E-state index in [2.05, 4.69) is 23.6 Å². The lowest BCUT2D eigenvalue weighted by atomic mass is 9.99. The fraction of sp³-hybridized carbons (Fsp3) is 0.600. The van der Waals surface area contributed by atoms with Gasteiger partial charge in [-0.05, 0) is 112 Å². The Morgan fingerprint density at radius 3 is 1.36 bits per heavy atom. The van der Waals surface area contributed by atoms with Gasteiger partial charge in [0.25, 0.3) is 0 Å². The third-order valence-corrected chi connectivity index (χ3v) is 9.63. The maximum absolute atomic E-state index is 13.1. The van der Waals surface area contributed by atoms with Crippen molar-refractivity contribution >= 4 is 9.84 Å². The third kappa shape index (κ3) is 8.91. The van der Waals surface area contributed by atoms with Gasteiger partial charge in [0, 0.05) is 13.1 Å². The normalized spacial score (nSPS) is 20.0. The van der Waals surface area contributed by atoms with Crippen LogP contribution in [0.2, 0.25) is 0 Å². The smallest absolute Gasteiger partial charge is 0.206 e. The van der Waals surface area contributed by atoms with Gasteiger partial charge in [-0.3, -0.25) is 0 Å². The summed E-state index contributed by atoms with van der Waals surface area (Å²) in [5, 5.41) is 20.7.